The minimum Gasteiger partial charge on any atom is -0.461 e. The van der Waals surface area contributed by atoms with E-state index in [9.17, 15) is 9.90 Å². The van der Waals surface area contributed by atoms with Crippen molar-refractivity contribution in [2.75, 3.05) is 0 Å². The maximum Gasteiger partial charge on any atom is 0.313 e. The molecule has 1 N–H and O–H groups in total. The van der Waals surface area contributed by atoms with E-state index in [-0.39, 0.29) is 24.1 Å². The molecule has 0 radical (unpaired) electrons. The summed E-state index contributed by atoms with van der Waals surface area (Å²) in [5, 5.41) is 10.2. The fraction of sp³-hybridized carbons (Fsp3) is 0.955. The SMILES string of the molecule is CCCCCCC[C@@H](O)C[C@@H]1OC(=O)[C@H]1CCCCCCCC(C)C. The molecule has 0 saturated carbocycles. The molecule has 1 aliphatic heterocycles. The van der Waals surface area contributed by atoms with Gasteiger partial charge in [0.1, 0.15) is 6.10 Å². The lowest BCUT2D eigenvalue weighted by atomic mass is 9.86. The predicted molar refractivity (Wildman–Crippen MR) is 105 cm³/mol. The highest BCUT2D eigenvalue weighted by atomic mass is 16.6. The first-order valence-electron chi connectivity index (χ1n) is 10.9. The Hall–Kier alpha value is -0.570. The van der Waals surface area contributed by atoms with Gasteiger partial charge < -0.3 is 9.84 Å². The van der Waals surface area contributed by atoms with Crippen molar-refractivity contribution in [3.63, 3.8) is 0 Å². The van der Waals surface area contributed by atoms with E-state index in [0.717, 1.165) is 31.6 Å². The quantitative estimate of drug-likeness (QED) is 0.272. The van der Waals surface area contributed by atoms with Crippen LogP contribution in [0.3, 0.4) is 0 Å². The first kappa shape index (κ1) is 22.5. The summed E-state index contributed by atoms with van der Waals surface area (Å²) >= 11 is 0. The summed E-state index contributed by atoms with van der Waals surface area (Å²) < 4.78 is 5.29. The normalized spacial score (nSPS) is 21.2. The molecule has 0 spiro atoms. The highest BCUT2D eigenvalue weighted by Gasteiger charge is 2.42. The first-order chi connectivity index (χ1) is 12.0. The number of carbonyl (C=O) groups excluding carboxylic acids is 1. The first-order valence-corrected chi connectivity index (χ1v) is 10.9. The second-order valence-corrected chi connectivity index (χ2v) is 8.41. The zero-order valence-corrected chi connectivity index (χ0v) is 17.0. The second kappa shape index (κ2) is 13.6. The Morgan fingerprint density at radius 2 is 1.52 bits per heavy atom. The Morgan fingerprint density at radius 1 is 0.920 bits per heavy atom. The second-order valence-electron chi connectivity index (χ2n) is 8.41. The van der Waals surface area contributed by atoms with Crippen LogP contribution in [0.1, 0.15) is 111 Å². The third-order valence-corrected chi connectivity index (χ3v) is 5.46. The molecule has 3 heteroatoms. The number of rotatable bonds is 16. The van der Waals surface area contributed by atoms with E-state index in [1.165, 1.54) is 57.8 Å². The van der Waals surface area contributed by atoms with Gasteiger partial charge in [-0.2, -0.15) is 0 Å². The molecule has 3 atom stereocenters. The number of aliphatic hydroxyl groups is 1. The number of ether oxygens (including phenoxy) is 1. The summed E-state index contributed by atoms with van der Waals surface area (Å²) in [4.78, 5) is 11.7. The third kappa shape index (κ3) is 10.2. The van der Waals surface area contributed by atoms with Gasteiger partial charge in [0, 0.05) is 6.42 Å². The molecule has 1 fully saturated rings. The van der Waals surface area contributed by atoms with Crippen molar-refractivity contribution in [3.05, 3.63) is 0 Å². The van der Waals surface area contributed by atoms with Crippen molar-refractivity contribution in [3.8, 4) is 0 Å². The monoisotopic (exact) mass is 354 g/mol. The van der Waals surface area contributed by atoms with Crippen LogP contribution in [-0.2, 0) is 9.53 Å². The molecule has 0 aromatic carbocycles. The number of unbranched alkanes of at least 4 members (excludes halogenated alkanes) is 8. The topological polar surface area (TPSA) is 46.5 Å². The number of hydrogen-bond donors (Lipinski definition) is 1. The number of aliphatic hydroxyl groups excluding tert-OH is 1. The summed E-state index contributed by atoms with van der Waals surface area (Å²) in [6, 6.07) is 0. The van der Waals surface area contributed by atoms with Gasteiger partial charge in [-0.15, -0.1) is 0 Å². The van der Waals surface area contributed by atoms with Gasteiger partial charge in [-0.1, -0.05) is 91.4 Å². The van der Waals surface area contributed by atoms with Crippen LogP contribution in [0.4, 0.5) is 0 Å². The molecule has 0 bridgehead atoms. The smallest absolute Gasteiger partial charge is 0.313 e. The summed E-state index contributed by atoms with van der Waals surface area (Å²) in [6.07, 6.45) is 15.8. The van der Waals surface area contributed by atoms with Crippen LogP contribution in [0.15, 0.2) is 0 Å². The predicted octanol–water partition coefficient (Wildman–Crippen LogP) is 6.03. The van der Waals surface area contributed by atoms with E-state index in [4.69, 9.17) is 4.74 Å². The fourth-order valence-corrected chi connectivity index (χ4v) is 3.73. The zero-order valence-electron chi connectivity index (χ0n) is 17.0. The van der Waals surface area contributed by atoms with Crippen molar-refractivity contribution in [2.24, 2.45) is 11.8 Å². The Labute approximate surface area is 155 Å². The van der Waals surface area contributed by atoms with Gasteiger partial charge in [-0.25, -0.2) is 0 Å². The largest absolute Gasteiger partial charge is 0.461 e. The van der Waals surface area contributed by atoms with Crippen molar-refractivity contribution < 1.29 is 14.6 Å². The molecule has 0 aromatic heterocycles. The Bertz CT molecular complexity index is 340. The molecule has 25 heavy (non-hydrogen) atoms. The minimum absolute atomic E-state index is 0.0286. The maximum absolute atomic E-state index is 11.7. The number of hydrogen-bond acceptors (Lipinski definition) is 3. The average molecular weight is 355 g/mol. The molecule has 0 unspecified atom stereocenters. The third-order valence-electron chi connectivity index (χ3n) is 5.46. The lowest BCUT2D eigenvalue weighted by molar-refractivity contribution is -0.188. The number of esters is 1. The maximum atomic E-state index is 11.7. The van der Waals surface area contributed by atoms with Crippen LogP contribution >= 0.6 is 0 Å². The summed E-state index contributed by atoms with van der Waals surface area (Å²) in [5.41, 5.74) is 0. The van der Waals surface area contributed by atoms with Crippen LogP contribution < -0.4 is 0 Å². The molecule has 3 nitrogen and oxygen atoms in total. The van der Waals surface area contributed by atoms with Gasteiger partial charge in [0.25, 0.3) is 0 Å². The molecule has 0 aromatic rings. The molecule has 1 heterocycles. The minimum atomic E-state index is -0.307. The van der Waals surface area contributed by atoms with E-state index < -0.39 is 0 Å². The van der Waals surface area contributed by atoms with Gasteiger partial charge in [0.05, 0.1) is 12.0 Å². The molecule has 1 rings (SSSR count). The van der Waals surface area contributed by atoms with E-state index in [1.807, 2.05) is 0 Å². The molecule has 1 saturated heterocycles. The average Bonchev–Trinajstić information content (AvgIpc) is 2.56. The fourth-order valence-electron chi connectivity index (χ4n) is 3.73. The summed E-state index contributed by atoms with van der Waals surface area (Å²) in [5.74, 6) is 0.814. The van der Waals surface area contributed by atoms with Crippen molar-refractivity contribution in [1.82, 2.24) is 0 Å². The van der Waals surface area contributed by atoms with Crippen LogP contribution in [0.5, 0.6) is 0 Å². The highest BCUT2D eigenvalue weighted by molar-refractivity contribution is 5.78. The van der Waals surface area contributed by atoms with Crippen molar-refractivity contribution >= 4 is 5.97 Å². The lowest BCUT2D eigenvalue weighted by Gasteiger charge is -2.36. The van der Waals surface area contributed by atoms with E-state index in [1.54, 1.807) is 0 Å². The Kier molecular flexibility index (Phi) is 12.2. The van der Waals surface area contributed by atoms with Crippen LogP contribution in [0, 0.1) is 11.8 Å². The Morgan fingerprint density at radius 3 is 2.16 bits per heavy atom. The van der Waals surface area contributed by atoms with Crippen molar-refractivity contribution in [2.45, 2.75) is 123 Å². The number of carbonyl (C=O) groups is 1. The molecular weight excluding hydrogens is 312 g/mol. The molecule has 148 valence electrons. The van der Waals surface area contributed by atoms with Gasteiger partial charge in [0.2, 0.25) is 0 Å². The van der Waals surface area contributed by atoms with Gasteiger partial charge in [0.15, 0.2) is 0 Å². The standard InChI is InChI=1S/C22H42O3/c1-4-5-6-8-12-15-19(23)17-21-20(22(24)25-21)16-13-10-7-9-11-14-18(2)3/h18-21,23H,4-17H2,1-3H3/t19-,20+,21+/m1/s1. The lowest BCUT2D eigenvalue weighted by Crippen LogP contribution is -2.46. The zero-order chi connectivity index (χ0) is 18.5. The van der Waals surface area contributed by atoms with Crippen LogP contribution in [0.2, 0.25) is 0 Å². The van der Waals surface area contributed by atoms with Crippen LogP contribution in [0.25, 0.3) is 0 Å². The molecule has 0 amide bonds. The number of cyclic esters (lactones) is 1. The van der Waals surface area contributed by atoms with Crippen molar-refractivity contribution in [1.29, 1.82) is 0 Å². The highest BCUT2D eigenvalue weighted by Crippen LogP contribution is 2.31. The van der Waals surface area contributed by atoms with Gasteiger partial charge in [-0.3, -0.25) is 4.79 Å². The van der Waals surface area contributed by atoms with Gasteiger partial charge in [-0.05, 0) is 18.8 Å². The van der Waals surface area contributed by atoms with E-state index in [2.05, 4.69) is 20.8 Å². The van der Waals surface area contributed by atoms with E-state index in [0.29, 0.717) is 6.42 Å². The molecule has 0 aliphatic carbocycles. The van der Waals surface area contributed by atoms with Gasteiger partial charge >= 0.3 is 5.97 Å². The van der Waals surface area contributed by atoms with Crippen LogP contribution in [-0.4, -0.2) is 23.3 Å². The van der Waals surface area contributed by atoms with E-state index >= 15 is 0 Å². The summed E-state index contributed by atoms with van der Waals surface area (Å²) in [7, 11) is 0. The Balaban J connectivity index is 2.05. The molecule has 1 aliphatic rings. The molecular formula is C22H42O3. The summed E-state index contributed by atoms with van der Waals surface area (Å²) in [6.45, 7) is 6.77.